The summed E-state index contributed by atoms with van der Waals surface area (Å²) in [6, 6.07) is 24.9. The van der Waals surface area contributed by atoms with Crippen LogP contribution in [-0.4, -0.2) is 16.0 Å². The molecule has 0 atom stereocenters. The minimum Gasteiger partial charge on any atom is -0.343 e. The lowest BCUT2D eigenvalue weighted by atomic mass is 10.2. The van der Waals surface area contributed by atoms with Crippen molar-refractivity contribution in [3.05, 3.63) is 101 Å². The second-order valence-corrected chi connectivity index (χ2v) is 7.93. The molecule has 4 rings (SSSR count). The predicted molar refractivity (Wildman–Crippen MR) is 118 cm³/mol. The lowest BCUT2D eigenvalue weighted by Crippen LogP contribution is -2.23. The van der Waals surface area contributed by atoms with E-state index >= 15 is 0 Å². The van der Waals surface area contributed by atoms with E-state index in [0.717, 1.165) is 16.2 Å². The summed E-state index contributed by atoms with van der Waals surface area (Å²) in [5.41, 5.74) is 2.62. The zero-order chi connectivity index (χ0) is 20.8. The van der Waals surface area contributed by atoms with E-state index in [4.69, 9.17) is 16.1 Å². The average molecular weight is 436 g/mol. The first-order valence-corrected chi connectivity index (χ1v) is 10.7. The molecule has 1 heterocycles. The second-order valence-electron chi connectivity index (χ2n) is 6.47. The zero-order valence-corrected chi connectivity index (χ0v) is 17.5. The number of benzene rings is 3. The maximum Gasteiger partial charge on any atom is 0.252 e. The Morgan fingerprint density at radius 3 is 2.50 bits per heavy atom. The van der Waals surface area contributed by atoms with E-state index in [-0.39, 0.29) is 12.5 Å². The summed E-state index contributed by atoms with van der Waals surface area (Å²) in [7, 11) is 0. The van der Waals surface area contributed by atoms with Crippen molar-refractivity contribution >= 4 is 29.3 Å². The lowest BCUT2D eigenvalue weighted by Gasteiger charge is -2.09. The van der Waals surface area contributed by atoms with E-state index in [1.165, 1.54) is 5.56 Å². The summed E-state index contributed by atoms with van der Waals surface area (Å²) < 4.78 is 5.26. The van der Waals surface area contributed by atoms with Crippen LogP contribution >= 0.6 is 23.4 Å². The molecule has 0 spiro atoms. The summed E-state index contributed by atoms with van der Waals surface area (Å²) in [5.74, 6) is 1.40. The molecule has 0 saturated heterocycles. The highest BCUT2D eigenvalue weighted by Gasteiger charge is 2.14. The summed E-state index contributed by atoms with van der Waals surface area (Å²) in [6.45, 7) is 0.150. The van der Waals surface area contributed by atoms with Gasteiger partial charge in [0.1, 0.15) is 0 Å². The SMILES string of the molecule is O=C(NCc1nc(-c2ccc(Cl)cc2)no1)c1ccccc1SCc1ccccc1. The normalized spacial score (nSPS) is 10.7. The van der Waals surface area contributed by atoms with Crippen molar-refractivity contribution in [3.63, 3.8) is 0 Å². The highest BCUT2D eigenvalue weighted by Crippen LogP contribution is 2.26. The molecule has 0 fully saturated rings. The zero-order valence-electron chi connectivity index (χ0n) is 15.9. The quantitative estimate of drug-likeness (QED) is 0.382. The number of hydrogen-bond donors (Lipinski definition) is 1. The van der Waals surface area contributed by atoms with Crippen molar-refractivity contribution < 1.29 is 9.32 Å². The van der Waals surface area contributed by atoms with E-state index in [0.29, 0.717) is 22.3 Å². The molecule has 1 N–H and O–H groups in total. The Morgan fingerprint density at radius 2 is 1.70 bits per heavy atom. The van der Waals surface area contributed by atoms with Crippen LogP contribution in [0.25, 0.3) is 11.4 Å². The van der Waals surface area contributed by atoms with Gasteiger partial charge in [0.05, 0.1) is 12.1 Å². The molecule has 1 amide bonds. The van der Waals surface area contributed by atoms with Crippen molar-refractivity contribution in [2.24, 2.45) is 0 Å². The first-order valence-electron chi connectivity index (χ1n) is 9.31. The molecule has 30 heavy (non-hydrogen) atoms. The molecule has 0 bridgehead atoms. The number of halogens is 1. The number of thioether (sulfide) groups is 1. The van der Waals surface area contributed by atoms with Gasteiger partial charge < -0.3 is 9.84 Å². The van der Waals surface area contributed by atoms with Crippen LogP contribution in [0, 0.1) is 0 Å². The van der Waals surface area contributed by atoms with Gasteiger partial charge in [0.2, 0.25) is 11.7 Å². The lowest BCUT2D eigenvalue weighted by molar-refractivity contribution is 0.0943. The van der Waals surface area contributed by atoms with E-state index in [1.54, 1.807) is 23.9 Å². The number of amides is 1. The third-order valence-corrected chi connectivity index (χ3v) is 5.74. The first-order chi connectivity index (χ1) is 14.7. The van der Waals surface area contributed by atoms with Crippen LogP contribution in [0.4, 0.5) is 0 Å². The van der Waals surface area contributed by atoms with Crippen LogP contribution in [0.15, 0.2) is 88.3 Å². The van der Waals surface area contributed by atoms with Crippen LogP contribution in [0.5, 0.6) is 0 Å². The van der Waals surface area contributed by atoms with Crippen LogP contribution in [0.3, 0.4) is 0 Å². The molecule has 0 radical (unpaired) electrons. The Bertz CT molecular complexity index is 1130. The molecule has 0 aliphatic rings. The Labute approximate surface area is 183 Å². The molecule has 5 nitrogen and oxygen atoms in total. The molecule has 1 aromatic heterocycles. The number of aromatic nitrogens is 2. The molecular formula is C23H18ClN3O2S. The molecule has 0 unspecified atom stereocenters. The number of carbonyl (C=O) groups is 1. The van der Waals surface area contributed by atoms with E-state index in [1.807, 2.05) is 54.6 Å². The molecule has 150 valence electrons. The Kier molecular flexibility index (Phi) is 6.47. The minimum absolute atomic E-state index is 0.150. The van der Waals surface area contributed by atoms with Gasteiger partial charge in [-0.1, -0.05) is 59.2 Å². The van der Waals surface area contributed by atoms with Crippen LogP contribution < -0.4 is 5.32 Å². The smallest absolute Gasteiger partial charge is 0.252 e. The van der Waals surface area contributed by atoms with Gasteiger partial charge in [0.15, 0.2) is 0 Å². The molecule has 0 aliphatic heterocycles. The van der Waals surface area contributed by atoms with Crippen LogP contribution in [-0.2, 0) is 12.3 Å². The van der Waals surface area contributed by atoms with Crippen molar-refractivity contribution in [2.45, 2.75) is 17.2 Å². The fourth-order valence-electron chi connectivity index (χ4n) is 2.81. The summed E-state index contributed by atoms with van der Waals surface area (Å²) in [6.07, 6.45) is 0. The number of rotatable bonds is 7. The Hall–Kier alpha value is -3.09. The molecule has 4 aromatic rings. The fourth-order valence-corrected chi connectivity index (χ4v) is 3.94. The average Bonchev–Trinajstić information content (AvgIpc) is 3.26. The topological polar surface area (TPSA) is 68.0 Å². The number of nitrogens with zero attached hydrogens (tertiary/aromatic N) is 2. The van der Waals surface area contributed by atoms with Crippen molar-refractivity contribution in [1.29, 1.82) is 0 Å². The van der Waals surface area contributed by atoms with E-state index in [2.05, 4.69) is 27.6 Å². The van der Waals surface area contributed by atoms with Gasteiger partial charge in [-0.2, -0.15) is 4.98 Å². The second kappa shape index (κ2) is 9.61. The van der Waals surface area contributed by atoms with Gasteiger partial charge >= 0.3 is 0 Å². The third-order valence-electron chi connectivity index (χ3n) is 4.34. The molecule has 7 heteroatoms. The van der Waals surface area contributed by atoms with E-state index < -0.39 is 0 Å². The first kappa shape index (κ1) is 20.2. The van der Waals surface area contributed by atoms with Gasteiger partial charge in [-0.05, 0) is 42.0 Å². The Balaban J connectivity index is 1.39. The largest absolute Gasteiger partial charge is 0.343 e. The van der Waals surface area contributed by atoms with Crippen molar-refractivity contribution in [2.75, 3.05) is 0 Å². The summed E-state index contributed by atoms with van der Waals surface area (Å²) in [5, 5.41) is 7.46. The van der Waals surface area contributed by atoms with Gasteiger partial charge in [-0.3, -0.25) is 4.79 Å². The highest BCUT2D eigenvalue weighted by atomic mass is 35.5. The Morgan fingerprint density at radius 1 is 0.967 bits per heavy atom. The summed E-state index contributed by atoms with van der Waals surface area (Å²) >= 11 is 7.53. The summed E-state index contributed by atoms with van der Waals surface area (Å²) in [4.78, 5) is 18.0. The monoisotopic (exact) mass is 435 g/mol. The van der Waals surface area contributed by atoms with Crippen LogP contribution in [0.2, 0.25) is 5.02 Å². The molecule has 0 saturated carbocycles. The molecule has 0 aliphatic carbocycles. The van der Waals surface area contributed by atoms with Gasteiger partial charge in [-0.25, -0.2) is 0 Å². The molecular weight excluding hydrogens is 418 g/mol. The maximum absolute atomic E-state index is 12.7. The molecule has 3 aromatic carbocycles. The number of hydrogen-bond acceptors (Lipinski definition) is 5. The van der Waals surface area contributed by atoms with Crippen LogP contribution in [0.1, 0.15) is 21.8 Å². The van der Waals surface area contributed by atoms with Crippen molar-refractivity contribution in [3.8, 4) is 11.4 Å². The minimum atomic E-state index is -0.183. The number of nitrogens with one attached hydrogen (secondary N) is 1. The number of carbonyl (C=O) groups excluding carboxylic acids is 1. The predicted octanol–water partition coefficient (Wildman–Crippen LogP) is 5.61. The highest BCUT2D eigenvalue weighted by molar-refractivity contribution is 7.98. The van der Waals surface area contributed by atoms with E-state index in [9.17, 15) is 4.79 Å². The van der Waals surface area contributed by atoms with Gasteiger partial charge in [0.25, 0.3) is 5.91 Å². The standard InChI is InChI=1S/C23H18ClN3O2S/c24-18-12-10-17(11-13-18)22-26-21(29-27-22)14-25-23(28)19-8-4-5-9-20(19)30-15-16-6-2-1-3-7-16/h1-13H,14-15H2,(H,25,28). The maximum atomic E-state index is 12.7. The third kappa shape index (κ3) is 5.09. The fraction of sp³-hybridized carbons (Fsp3) is 0.0870. The van der Waals surface area contributed by atoms with Crippen molar-refractivity contribution in [1.82, 2.24) is 15.5 Å². The van der Waals surface area contributed by atoms with Gasteiger partial charge in [0, 0.05) is 21.2 Å². The van der Waals surface area contributed by atoms with Gasteiger partial charge in [-0.15, -0.1) is 11.8 Å².